The van der Waals surface area contributed by atoms with Gasteiger partial charge in [-0.2, -0.15) is 28.8 Å². The highest BCUT2D eigenvalue weighted by molar-refractivity contribution is 8.00. The molecule has 2 heterocycles. The summed E-state index contributed by atoms with van der Waals surface area (Å²) in [6.45, 7) is 3.21. The van der Waals surface area contributed by atoms with Crippen LogP contribution in [0.4, 0.5) is 0 Å². The molecule has 0 aromatic rings. The summed E-state index contributed by atoms with van der Waals surface area (Å²) in [7, 11) is -3.21. The van der Waals surface area contributed by atoms with Gasteiger partial charge in [0.1, 0.15) is 0 Å². The van der Waals surface area contributed by atoms with E-state index in [1.807, 2.05) is 0 Å². The van der Waals surface area contributed by atoms with Crippen LogP contribution in [0.1, 0.15) is 25.7 Å². The summed E-state index contributed by atoms with van der Waals surface area (Å²) in [4.78, 5) is 0. The van der Waals surface area contributed by atoms with Crippen LogP contribution in [-0.2, 0) is 10.2 Å². The van der Waals surface area contributed by atoms with Crippen LogP contribution < -0.4 is 5.73 Å². The van der Waals surface area contributed by atoms with Crippen LogP contribution in [0.15, 0.2) is 0 Å². The van der Waals surface area contributed by atoms with Crippen molar-refractivity contribution in [2.45, 2.75) is 30.4 Å². The second-order valence-electron chi connectivity index (χ2n) is 5.10. The summed E-state index contributed by atoms with van der Waals surface area (Å²) in [5.74, 6) is 0. The van der Waals surface area contributed by atoms with Gasteiger partial charge in [0.05, 0.1) is 0 Å². The molecular weight excluding hydrogens is 270 g/mol. The molecule has 0 radical (unpaired) electrons. The molecule has 5 nitrogen and oxygen atoms in total. The van der Waals surface area contributed by atoms with Gasteiger partial charge in [-0.1, -0.05) is 0 Å². The molecule has 2 N–H and O–H groups in total. The standard InChI is InChI=1S/C11H23N3O2S2/c1-17-11(10-12)4-8-14(9-5-11)18(15,16)13-6-2-3-7-13/h2-10,12H2,1H3. The normalized spacial score (nSPS) is 26.6. The molecule has 18 heavy (non-hydrogen) atoms. The average Bonchev–Trinajstić information content (AvgIpc) is 2.93. The number of nitrogens with zero attached hydrogens (tertiary/aromatic N) is 2. The molecule has 2 fully saturated rings. The predicted octanol–water partition coefficient (Wildman–Crippen LogP) is 0.483. The van der Waals surface area contributed by atoms with Gasteiger partial charge in [0.2, 0.25) is 0 Å². The third kappa shape index (κ3) is 2.70. The van der Waals surface area contributed by atoms with E-state index in [-0.39, 0.29) is 4.75 Å². The molecule has 2 rings (SSSR count). The Balaban J connectivity index is 2.00. The van der Waals surface area contributed by atoms with Crippen LogP contribution in [0.25, 0.3) is 0 Å². The minimum atomic E-state index is -3.21. The monoisotopic (exact) mass is 293 g/mol. The van der Waals surface area contributed by atoms with Gasteiger partial charge < -0.3 is 5.73 Å². The van der Waals surface area contributed by atoms with E-state index in [0.717, 1.165) is 25.7 Å². The maximum Gasteiger partial charge on any atom is 0.281 e. The average molecular weight is 293 g/mol. The van der Waals surface area contributed by atoms with Crippen molar-refractivity contribution in [1.82, 2.24) is 8.61 Å². The van der Waals surface area contributed by atoms with Gasteiger partial charge in [0, 0.05) is 37.5 Å². The van der Waals surface area contributed by atoms with E-state index in [1.54, 1.807) is 20.4 Å². The van der Waals surface area contributed by atoms with Crippen LogP contribution in [-0.4, -0.2) is 60.8 Å². The molecule has 0 unspecified atom stereocenters. The van der Waals surface area contributed by atoms with Gasteiger partial charge >= 0.3 is 0 Å². The number of nitrogens with two attached hydrogens (primary N) is 1. The lowest BCUT2D eigenvalue weighted by atomic mass is 9.97. The van der Waals surface area contributed by atoms with E-state index in [0.29, 0.717) is 32.7 Å². The van der Waals surface area contributed by atoms with E-state index >= 15 is 0 Å². The molecule has 0 bridgehead atoms. The topological polar surface area (TPSA) is 66.6 Å². The van der Waals surface area contributed by atoms with E-state index in [4.69, 9.17) is 5.73 Å². The highest BCUT2D eigenvalue weighted by atomic mass is 32.2. The fourth-order valence-corrected chi connectivity index (χ4v) is 5.15. The maximum atomic E-state index is 12.4. The van der Waals surface area contributed by atoms with Crippen molar-refractivity contribution in [3.8, 4) is 0 Å². The van der Waals surface area contributed by atoms with E-state index < -0.39 is 10.2 Å². The third-order valence-corrected chi connectivity index (χ3v) is 7.63. The molecule has 0 amide bonds. The molecule has 0 aromatic carbocycles. The van der Waals surface area contributed by atoms with Crippen LogP contribution >= 0.6 is 11.8 Å². The number of hydrogen-bond acceptors (Lipinski definition) is 4. The van der Waals surface area contributed by atoms with E-state index in [2.05, 4.69) is 6.26 Å². The molecule has 7 heteroatoms. The van der Waals surface area contributed by atoms with Gasteiger partial charge in [0.15, 0.2) is 0 Å². The molecule has 2 aliphatic rings. The van der Waals surface area contributed by atoms with E-state index in [1.165, 1.54) is 0 Å². The molecule has 0 spiro atoms. The van der Waals surface area contributed by atoms with Crippen LogP contribution in [0.5, 0.6) is 0 Å². The Hall–Kier alpha value is 0.180. The van der Waals surface area contributed by atoms with Crippen LogP contribution in [0.3, 0.4) is 0 Å². The molecule has 106 valence electrons. The van der Waals surface area contributed by atoms with Crippen LogP contribution in [0, 0.1) is 0 Å². The zero-order valence-electron chi connectivity index (χ0n) is 11.0. The fraction of sp³-hybridized carbons (Fsp3) is 1.00. The number of hydrogen-bond donors (Lipinski definition) is 1. The van der Waals surface area contributed by atoms with Crippen molar-refractivity contribution in [2.24, 2.45) is 5.73 Å². The Morgan fingerprint density at radius 2 is 1.61 bits per heavy atom. The van der Waals surface area contributed by atoms with Gasteiger partial charge in [-0.15, -0.1) is 0 Å². The lowest BCUT2D eigenvalue weighted by Crippen LogP contribution is -2.51. The van der Waals surface area contributed by atoms with Crippen molar-refractivity contribution in [3.05, 3.63) is 0 Å². The summed E-state index contributed by atoms with van der Waals surface area (Å²) in [5.41, 5.74) is 5.83. The van der Waals surface area contributed by atoms with Crippen molar-refractivity contribution in [3.63, 3.8) is 0 Å². The second kappa shape index (κ2) is 5.66. The molecule has 2 aliphatic heterocycles. The Kier molecular flexibility index (Phi) is 4.59. The Morgan fingerprint density at radius 1 is 1.11 bits per heavy atom. The summed E-state index contributed by atoms with van der Waals surface area (Å²) < 4.78 is 28.1. The third-order valence-electron chi connectivity index (χ3n) is 4.16. The van der Waals surface area contributed by atoms with Crippen molar-refractivity contribution >= 4 is 22.0 Å². The quantitative estimate of drug-likeness (QED) is 0.819. The number of piperidine rings is 1. The summed E-state index contributed by atoms with van der Waals surface area (Å²) >= 11 is 1.78. The van der Waals surface area contributed by atoms with Crippen LogP contribution in [0.2, 0.25) is 0 Å². The zero-order valence-corrected chi connectivity index (χ0v) is 12.6. The summed E-state index contributed by atoms with van der Waals surface area (Å²) in [5, 5.41) is 0. The lowest BCUT2D eigenvalue weighted by molar-refractivity contribution is 0.282. The molecular formula is C11H23N3O2S2. The van der Waals surface area contributed by atoms with Gasteiger partial charge in [0.25, 0.3) is 10.2 Å². The summed E-state index contributed by atoms with van der Waals surface area (Å²) in [6.07, 6.45) is 5.77. The fourth-order valence-electron chi connectivity index (χ4n) is 2.70. The van der Waals surface area contributed by atoms with Crippen molar-refractivity contribution in [2.75, 3.05) is 39.0 Å². The van der Waals surface area contributed by atoms with E-state index in [9.17, 15) is 8.42 Å². The number of thioether (sulfide) groups is 1. The molecule has 0 aromatic heterocycles. The van der Waals surface area contributed by atoms with Gasteiger partial charge in [-0.25, -0.2) is 0 Å². The SMILES string of the molecule is CSC1(CN)CCN(S(=O)(=O)N2CCCC2)CC1. The molecule has 0 saturated carbocycles. The largest absolute Gasteiger partial charge is 0.329 e. The highest BCUT2D eigenvalue weighted by Crippen LogP contribution is 2.34. The predicted molar refractivity (Wildman–Crippen MR) is 75.8 cm³/mol. The van der Waals surface area contributed by atoms with Gasteiger partial charge in [-0.05, 0) is 31.9 Å². The summed E-state index contributed by atoms with van der Waals surface area (Å²) in [6, 6.07) is 0. The first-order chi connectivity index (χ1) is 8.54. The Morgan fingerprint density at radius 3 is 2.06 bits per heavy atom. The smallest absolute Gasteiger partial charge is 0.281 e. The van der Waals surface area contributed by atoms with Gasteiger partial charge in [-0.3, -0.25) is 0 Å². The first-order valence-corrected chi connectivity index (χ1v) is 9.17. The van der Waals surface area contributed by atoms with Crippen molar-refractivity contribution in [1.29, 1.82) is 0 Å². The first-order valence-electron chi connectivity index (χ1n) is 6.54. The number of rotatable bonds is 4. The second-order valence-corrected chi connectivity index (χ2v) is 8.31. The minimum absolute atomic E-state index is 0.0804. The Bertz CT molecular complexity index is 366. The minimum Gasteiger partial charge on any atom is -0.329 e. The maximum absolute atomic E-state index is 12.4. The zero-order chi connectivity index (χ0) is 13.2. The molecule has 2 saturated heterocycles. The molecule has 0 atom stereocenters. The van der Waals surface area contributed by atoms with Crippen molar-refractivity contribution < 1.29 is 8.42 Å². The lowest BCUT2D eigenvalue weighted by Gasteiger charge is -2.40. The first kappa shape index (κ1) is 14.6. The Labute approximate surface area is 114 Å². The highest BCUT2D eigenvalue weighted by Gasteiger charge is 2.39. The molecule has 0 aliphatic carbocycles.